The van der Waals surface area contributed by atoms with Crippen molar-refractivity contribution in [1.82, 2.24) is 14.8 Å². The number of sulfonamides is 1. The number of primary sulfonamides is 1. The van der Waals surface area contributed by atoms with Gasteiger partial charge >= 0.3 is 0 Å². The lowest BCUT2D eigenvalue weighted by Crippen LogP contribution is -2.15. The van der Waals surface area contributed by atoms with Crippen molar-refractivity contribution in [3.8, 4) is 0 Å². The van der Waals surface area contributed by atoms with Crippen LogP contribution in [0.2, 0.25) is 0 Å². The second-order valence-corrected chi connectivity index (χ2v) is 3.76. The zero-order valence-corrected chi connectivity index (χ0v) is 6.74. The number of hydrogen-bond donors (Lipinski definition) is 1. The van der Waals surface area contributed by atoms with Gasteiger partial charge < -0.3 is 0 Å². The summed E-state index contributed by atoms with van der Waals surface area (Å²) < 4.78 is 22.4. The second-order valence-electron chi connectivity index (χ2n) is 2.14. The number of nitrogens with two attached hydrogens (primary N) is 1. The van der Waals surface area contributed by atoms with Gasteiger partial charge in [0.05, 0.1) is 0 Å². The zero-order valence-electron chi connectivity index (χ0n) is 5.93. The van der Waals surface area contributed by atoms with Crippen LogP contribution in [0.25, 0.3) is 0 Å². The monoisotopic (exact) mass is 176 g/mol. The first-order chi connectivity index (χ1) is 4.97. The van der Waals surface area contributed by atoms with E-state index in [-0.39, 0.29) is 11.6 Å². The van der Waals surface area contributed by atoms with Gasteiger partial charge in [-0.25, -0.2) is 18.5 Å². The summed E-state index contributed by atoms with van der Waals surface area (Å²) in [6.45, 7) is 0. The minimum atomic E-state index is -3.50. The largest absolute Gasteiger partial charge is 0.256 e. The molecule has 1 aromatic heterocycles. The third kappa shape index (κ3) is 2.64. The Hall–Kier alpha value is -0.950. The molecule has 0 aliphatic carbocycles. The fourth-order valence-electron chi connectivity index (χ4n) is 0.630. The molecule has 0 bridgehead atoms. The standard InChI is InChI=1S/C4H8N4O2S/c1-8-3-6-4(7-8)2-11(5,9)10/h3H,2H2,1H3,(H2,5,9,10). The van der Waals surface area contributed by atoms with Gasteiger partial charge in [0, 0.05) is 7.05 Å². The van der Waals surface area contributed by atoms with E-state index in [1.807, 2.05) is 0 Å². The SMILES string of the molecule is Cn1cnc(CS(N)(=O)=O)n1. The second kappa shape index (κ2) is 2.59. The van der Waals surface area contributed by atoms with Gasteiger partial charge in [-0.2, -0.15) is 5.10 Å². The van der Waals surface area contributed by atoms with E-state index in [1.54, 1.807) is 7.05 Å². The smallest absolute Gasteiger partial charge is 0.216 e. The van der Waals surface area contributed by atoms with E-state index >= 15 is 0 Å². The van der Waals surface area contributed by atoms with Gasteiger partial charge in [-0.05, 0) is 0 Å². The maximum Gasteiger partial charge on any atom is 0.216 e. The summed E-state index contributed by atoms with van der Waals surface area (Å²) in [4.78, 5) is 3.69. The molecule has 6 nitrogen and oxygen atoms in total. The fourth-order valence-corrected chi connectivity index (χ4v) is 1.12. The predicted molar refractivity (Wildman–Crippen MR) is 37.8 cm³/mol. The number of nitrogens with zero attached hydrogens (tertiary/aromatic N) is 3. The van der Waals surface area contributed by atoms with Crippen molar-refractivity contribution in [2.45, 2.75) is 5.75 Å². The molecule has 1 rings (SSSR count). The third-order valence-corrected chi connectivity index (χ3v) is 1.64. The van der Waals surface area contributed by atoms with E-state index in [0.29, 0.717) is 0 Å². The van der Waals surface area contributed by atoms with Crippen LogP contribution in [0, 0.1) is 0 Å². The highest BCUT2D eigenvalue weighted by molar-refractivity contribution is 7.88. The molecule has 1 aromatic rings. The first-order valence-electron chi connectivity index (χ1n) is 2.82. The molecule has 0 spiro atoms. The van der Waals surface area contributed by atoms with Crippen LogP contribution in [0.3, 0.4) is 0 Å². The summed E-state index contributed by atoms with van der Waals surface area (Å²) in [6.07, 6.45) is 1.42. The van der Waals surface area contributed by atoms with E-state index in [0.717, 1.165) is 0 Å². The molecule has 11 heavy (non-hydrogen) atoms. The van der Waals surface area contributed by atoms with Gasteiger partial charge in [0.15, 0.2) is 5.82 Å². The molecule has 1 heterocycles. The Bertz CT molecular complexity index is 341. The number of rotatable bonds is 2. The summed E-state index contributed by atoms with van der Waals surface area (Å²) >= 11 is 0. The molecule has 2 N–H and O–H groups in total. The lowest BCUT2D eigenvalue weighted by atomic mass is 10.7. The van der Waals surface area contributed by atoms with Crippen molar-refractivity contribution in [1.29, 1.82) is 0 Å². The zero-order chi connectivity index (χ0) is 8.48. The minimum Gasteiger partial charge on any atom is -0.256 e. The molecule has 0 radical (unpaired) electrons. The Morgan fingerprint density at radius 1 is 1.73 bits per heavy atom. The maximum atomic E-state index is 10.5. The quantitative estimate of drug-likeness (QED) is 0.600. The predicted octanol–water partition coefficient (Wildman–Crippen LogP) is -1.40. The van der Waals surface area contributed by atoms with Gasteiger partial charge in [0.25, 0.3) is 0 Å². The lowest BCUT2D eigenvalue weighted by molar-refractivity contribution is 0.595. The normalized spacial score (nSPS) is 11.8. The van der Waals surface area contributed by atoms with Crippen molar-refractivity contribution < 1.29 is 8.42 Å². The molecule has 0 atom stereocenters. The Morgan fingerprint density at radius 3 is 2.73 bits per heavy atom. The van der Waals surface area contributed by atoms with E-state index < -0.39 is 10.0 Å². The average molecular weight is 176 g/mol. The molecule has 0 saturated carbocycles. The van der Waals surface area contributed by atoms with Crippen molar-refractivity contribution in [3.05, 3.63) is 12.2 Å². The first-order valence-corrected chi connectivity index (χ1v) is 4.54. The molecule has 0 aliphatic rings. The Labute approximate surface area is 64.1 Å². The van der Waals surface area contributed by atoms with Crippen molar-refractivity contribution in [2.75, 3.05) is 0 Å². The van der Waals surface area contributed by atoms with E-state index in [2.05, 4.69) is 10.1 Å². The lowest BCUT2D eigenvalue weighted by Gasteiger charge is -1.89. The maximum absolute atomic E-state index is 10.5. The molecule has 0 amide bonds. The molecule has 0 aromatic carbocycles. The summed E-state index contributed by atoms with van der Waals surface area (Å²) in [5.74, 6) is -0.0941. The minimum absolute atomic E-state index is 0.218. The highest BCUT2D eigenvalue weighted by Crippen LogP contribution is 1.92. The van der Waals surface area contributed by atoms with Gasteiger partial charge in [-0.3, -0.25) is 4.68 Å². The highest BCUT2D eigenvalue weighted by atomic mass is 32.2. The third-order valence-electron chi connectivity index (χ3n) is 0.977. The van der Waals surface area contributed by atoms with Crippen LogP contribution in [0.5, 0.6) is 0 Å². The van der Waals surface area contributed by atoms with Gasteiger partial charge in [0.2, 0.25) is 10.0 Å². The molecular weight excluding hydrogens is 168 g/mol. The molecule has 0 saturated heterocycles. The van der Waals surface area contributed by atoms with Crippen LogP contribution in [-0.4, -0.2) is 23.2 Å². The van der Waals surface area contributed by atoms with Gasteiger partial charge in [-0.1, -0.05) is 0 Å². The first kappa shape index (κ1) is 8.15. The van der Waals surface area contributed by atoms with E-state index in [4.69, 9.17) is 5.14 Å². The van der Waals surface area contributed by atoms with Crippen molar-refractivity contribution >= 4 is 10.0 Å². The Morgan fingerprint density at radius 2 is 2.36 bits per heavy atom. The van der Waals surface area contributed by atoms with Crippen LogP contribution >= 0.6 is 0 Å². The molecule has 0 fully saturated rings. The molecule has 62 valence electrons. The van der Waals surface area contributed by atoms with Crippen LogP contribution < -0.4 is 5.14 Å². The average Bonchev–Trinajstić information content (AvgIpc) is 2.10. The number of aryl methyl sites for hydroxylation is 1. The van der Waals surface area contributed by atoms with Crippen LogP contribution in [0.4, 0.5) is 0 Å². The molecule has 0 aliphatic heterocycles. The number of aromatic nitrogens is 3. The van der Waals surface area contributed by atoms with E-state index in [9.17, 15) is 8.42 Å². The summed E-state index contributed by atoms with van der Waals surface area (Å²) in [5, 5.41) is 8.50. The Kier molecular flexibility index (Phi) is 1.92. The van der Waals surface area contributed by atoms with Gasteiger partial charge in [0.1, 0.15) is 12.1 Å². The topological polar surface area (TPSA) is 90.9 Å². The summed E-state index contributed by atoms with van der Waals surface area (Å²) in [7, 11) is -1.85. The van der Waals surface area contributed by atoms with Crippen LogP contribution in [0.1, 0.15) is 5.82 Å². The molecule has 7 heteroatoms. The fraction of sp³-hybridized carbons (Fsp3) is 0.500. The molecule has 0 unspecified atom stereocenters. The van der Waals surface area contributed by atoms with Crippen molar-refractivity contribution in [3.63, 3.8) is 0 Å². The van der Waals surface area contributed by atoms with Crippen molar-refractivity contribution in [2.24, 2.45) is 12.2 Å². The summed E-state index contributed by atoms with van der Waals surface area (Å²) in [6, 6.07) is 0. The Balaban J connectivity index is 2.81. The van der Waals surface area contributed by atoms with Crippen LogP contribution in [-0.2, 0) is 22.8 Å². The van der Waals surface area contributed by atoms with Gasteiger partial charge in [-0.15, -0.1) is 0 Å². The molecular formula is C4H8N4O2S. The van der Waals surface area contributed by atoms with E-state index in [1.165, 1.54) is 11.0 Å². The van der Waals surface area contributed by atoms with Crippen LogP contribution in [0.15, 0.2) is 6.33 Å². The highest BCUT2D eigenvalue weighted by Gasteiger charge is 2.07. The number of hydrogen-bond acceptors (Lipinski definition) is 4. The summed E-state index contributed by atoms with van der Waals surface area (Å²) in [5.41, 5.74) is 0.